The number of rotatable bonds is 13. The molecule has 2 aromatic rings. The standard InChI is InChI=1S/C24H30Br2N2O4/c1-3-5-13-31-21-9-7-17(15-19(21)25)23(29)27-11-12-28-24(30)18-8-10-22(20(26)16-18)32-14-6-4-2/h7-10,15-16H,3-6,11-14H2,1-2H3,(H,27,29)(H,28,30). The summed E-state index contributed by atoms with van der Waals surface area (Å²) in [6, 6.07) is 10.5. The van der Waals surface area contributed by atoms with Crippen LogP contribution in [0.5, 0.6) is 11.5 Å². The molecule has 0 spiro atoms. The maximum Gasteiger partial charge on any atom is 0.251 e. The van der Waals surface area contributed by atoms with Crippen LogP contribution in [0.15, 0.2) is 45.3 Å². The Kier molecular flexibility index (Phi) is 11.6. The molecule has 2 aromatic carbocycles. The zero-order chi connectivity index (χ0) is 23.3. The van der Waals surface area contributed by atoms with Crippen LogP contribution in [0.1, 0.15) is 60.2 Å². The summed E-state index contributed by atoms with van der Waals surface area (Å²) < 4.78 is 12.8. The number of unbranched alkanes of at least 4 members (excludes halogenated alkanes) is 2. The van der Waals surface area contributed by atoms with Crippen molar-refractivity contribution in [1.29, 1.82) is 0 Å². The average Bonchev–Trinajstić information content (AvgIpc) is 2.78. The highest BCUT2D eigenvalue weighted by Crippen LogP contribution is 2.27. The van der Waals surface area contributed by atoms with E-state index < -0.39 is 0 Å². The van der Waals surface area contributed by atoms with E-state index in [9.17, 15) is 9.59 Å². The highest BCUT2D eigenvalue weighted by Gasteiger charge is 2.11. The van der Waals surface area contributed by atoms with Crippen LogP contribution in [0.3, 0.4) is 0 Å². The number of ether oxygens (including phenoxy) is 2. The van der Waals surface area contributed by atoms with Gasteiger partial charge < -0.3 is 20.1 Å². The van der Waals surface area contributed by atoms with Gasteiger partial charge in [-0.15, -0.1) is 0 Å². The van der Waals surface area contributed by atoms with Gasteiger partial charge in [-0.1, -0.05) is 26.7 Å². The molecular weight excluding hydrogens is 540 g/mol. The van der Waals surface area contributed by atoms with Crippen LogP contribution in [0.2, 0.25) is 0 Å². The van der Waals surface area contributed by atoms with Crippen molar-refractivity contribution in [3.05, 3.63) is 56.5 Å². The lowest BCUT2D eigenvalue weighted by molar-refractivity contribution is 0.0927. The van der Waals surface area contributed by atoms with E-state index >= 15 is 0 Å². The summed E-state index contributed by atoms with van der Waals surface area (Å²) in [6.45, 7) is 6.13. The van der Waals surface area contributed by atoms with Gasteiger partial charge in [-0.3, -0.25) is 9.59 Å². The third-order valence-corrected chi connectivity index (χ3v) is 5.83. The quantitative estimate of drug-likeness (QED) is 0.302. The van der Waals surface area contributed by atoms with E-state index in [2.05, 4.69) is 56.3 Å². The first-order chi connectivity index (χ1) is 15.5. The number of halogens is 2. The van der Waals surface area contributed by atoms with Gasteiger partial charge in [-0.25, -0.2) is 0 Å². The van der Waals surface area contributed by atoms with Crippen molar-refractivity contribution in [2.24, 2.45) is 0 Å². The van der Waals surface area contributed by atoms with Crippen molar-refractivity contribution in [1.82, 2.24) is 10.6 Å². The summed E-state index contributed by atoms with van der Waals surface area (Å²) in [6.07, 6.45) is 4.08. The van der Waals surface area contributed by atoms with Crippen molar-refractivity contribution < 1.29 is 19.1 Å². The largest absolute Gasteiger partial charge is 0.492 e. The molecule has 6 nitrogen and oxygen atoms in total. The predicted molar refractivity (Wildman–Crippen MR) is 134 cm³/mol. The number of benzene rings is 2. The summed E-state index contributed by atoms with van der Waals surface area (Å²) in [5.41, 5.74) is 1.04. The monoisotopic (exact) mass is 568 g/mol. The second-order valence-electron chi connectivity index (χ2n) is 7.21. The molecule has 0 heterocycles. The van der Waals surface area contributed by atoms with E-state index in [0.717, 1.165) is 46.1 Å². The zero-order valence-corrected chi connectivity index (χ0v) is 21.7. The summed E-state index contributed by atoms with van der Waals surface area (Å²) in [4.78, 5) is 24.7. The van der Waals surface area contributed by atoms with Crippen molar-refractivity contribution in [2.75, 3.05) is 26.3 Å². The van der Waals surface area contributed by atoms with Crippen LogP contribution < -0.4 is 20.1 Å². The Hall–Kier alpha value is -2.06. The molecular formula is C24H30Br2N2O4. The molecule has 0 aromatic heterocycles. The lowest BCUT2D eigenvalue weighted by Gasteiger charge is -2.11. The molecule has 0 aliphatic carbocycles. The highest BCUT2D eigenvalue weighted by molar-refractivity contribution is 9.10. The Morgan fingerprint density at radius 1 is 0.750 bits per heavy atom. The number of amides is 2. The molecule has 2 amide bonds. The fourth-order valence-electron chi connectivity index (χ4n) is 2.73. The van der Waals surface area contributed by atoms with Gasteiger partial charge in [0.15, 0.2) is 0 Å². The van der Waals surface area contributed by atoms with Crippen LogP contribution in [-0.4, -0.2) is 38.1 Å². The van der Waals surface area contributed by atoms with E-state index in [1.807, 2.05) is 0 Å². The fourth-order valence-corrected chi connectivity index (χ4v) is 3.71. The number of nitrogens with one attached hydrogen (secondary N) is 2. The Morgan fingerprint density at radius 3 is 1.50 bits per heavy atom. The summed E-state index contributed by atoms with van der Waals surface area (Å²) in [7, 11) is 0. The molecule has 0 aliphatic heterocycles. The first-order valence-corrected chi connectivity index (χ1v) is 12.5. The molecule has 174 valence electrons. The van der Waals surface area contributed by atoms with Gasteiger partial charge >= 0.3 is 0 Å². The van der Waals surface area contributed by atoms with E-state index in [0.29, 0.717) is 37.4 Å². The van der Waals surface area contributed by atoms with E-state index in [4.69, 9.17) is 9.47 Å². The molecule has 0 fully saturated rings. The molecule has 32 heavy (non-hydrogen) atoms. The Morgan fingerprint density at radius 2 is 1.16 bits per heavy atom. The minimum absolute atomic E-state index is 0.212. The summed E-state index contributed by atoms with van der Waals surface area (Å²) in [5, 5.41) is 5.62. The van der Waals surface area contributed by atoms with Gasteiger partial charge in [0.1, 0.15) is 11.5 Å². The maximum absolute atomic E-state index is 12.4. The van der Waals surface area contributed by atoms with Crippen LogP contribution in [-0.2, 0) is 0 Å². The van der Waals surface area contributed by atoms with Gasteiger partial charge in [0.05, 0.1) is 22.2 Å². The SMILES string of the molecule is CCCCOc1ccc(C(=O)NCCNC(=O)c2ccc(OCCCC)c(Br)c2)cc1Br. The molecule has 0 atom stereocenters. The average molecular weight is 570 g/mol. The molecule has 2 rings (SSSR count). The fraction of sp³-hybridized carbons (Fsp3) is 0.417. The van der Waals surface area contributed by atoms with Crippen LogP contribution in [0, 0.1) is 0 Å². The Bertz CT molecular complexity index is 832. The molecule has 0 saturated carbocycles. The third kappa shape index (κ3) is 8.47. The van der Waals surface area contributed by atoms with Gasteiger partial charge in [-0.2, -0.15) is 0 Å². The zero-order valence-electron chi connectivity index (χ0n) is 18.5. The van der Waals surface area contributed by atoms with Gasteiger partial charge in [0.2, 0.25) is 0 Å². The molecule has 0 saturated heterocycles. The lowest BCUT2D eigenvalue weighted by atomic mass is 10.2. The first-order valence-electron chi connectivity index (χ1n) is 10.9. The van der Waals surface area contributed by atoms with Crippen molar-refractivity contribution in [2.45, 2.75) is 39.5 Å². The molecule has 0 aliphatic rings. The normalized spacial score (nSPS) is 10.5. The summed E-state index contributed by atoms with van der Waals surface area (Å²) >= 11 is 6.90. The minimum atomic E-state index is -0.212. The second kappa shape index (κ2) is 14.2. The highest BCUT2D eigenvalue weighted by atomic mass is 79.9. The number of hydrogen-bond donors (Lipinski definition) is 2. The Labute approximate surface area is 206 Å². The van der Waals surface area contributed by atoms with Crippen LogP contribution >= 0.6 is 31.9 Å². The minimum Gasteiger partial charge on any atom is -0.492 e. The van der Waals surface area contributed by atoms with E-state index in [1.165, 1.54) is 0 Å². The molecule has 0 radical (unpaired) electrons. The van der Waals surface area contributed by atoms with E-state index in [1.54, 1.807) is 36.4 Å². The first kappa shape index (κ1) is 26.2. The number of carbonyl (C=O) groups excluding carboxylic acids is 2. The number of hydrogen-bond acceptors (Lipinski definition) is 4. The number of carbonyl (C=O) groups is 2. The van der Waals surface area contributed by atoms with Crippen molar-refractivity contribution in [3.63, 3.8) is 0 Å². The molecule has 2 N–H and O–H groups in total. The van der Waals surface area contributed by atoms with Crippen molar-refractivity contribution in [3.8, 4) is 11.5 Å². The van der Waals surface area contributed by atoms with Gasteiger partial charge in [-0.05, 0) is 81.1 Å². The Balaban J connectivity index is 1.78. The molecule has 0 bridgehead atoms. The van der Waals surface area contributed by atoms with Crippen molar-refractivity contribution >= 4 is 43.7 Å². The predicted octanol–water partition coefficient (Wildman–Crippen LogP) is 5.73. The van der Waals surface area contributed by atoms with Gasteiger partial charge in [0.25, 0.3) is 11.8 Å². The second-order valence-corrected chi connectivity index (χ2v) is 8.91. The smallest absolute Gasteiger partial charge is 0.251 e. The molecule has 0 unspecified atom stereocenters. The summed E-state index contributed by atoms with van der Waals surface area (Å²) in [5.74, 6) is 1.01. The molecule has 8 heteroatoms. The lowest BCUT2D eigenvalue weighted by Crippen LogP contribution is -2.34. The topological polar surface area (TPSA) is 76.7 Å². The van der Waals surface area contributed by atoms with E-state index in [-0.39, 0.29) is 11.8 Å². The van der Waals surface area contributed by atoms with Gasteiger partial charge in [0, 0.05) is 24.2 Å². The maximum atomic E-state index is 12.4. The van der Waals surface area contributed by atoms with Crippen LogP contribution in [0.25, 0.3) is 0 Å². The van der Waals surface area contributed by atoms with Crippen LogP contribution in [0.4, 0.5) is 0 Å². The third-order valence-electron chi connectivity index (χ3n) is 4.60.